The maximum absolute atomic E-state index is 4.52. The van der Waals surface area contributed by atoms with Crippen molar-refractivity contribution >= 4 is 50.6 Å². The van der Waals surface area contributed by atoms with Crippen LogP contribution in [0, 0.1) is 0 Å². The minimum atomic E-state index is 0.832. The molecule has 3 heterocycles. The summed E-state index contributed by atoms with van der Waals surface area (Å²) in [7, 11) is 0. The lowest BCUT2D eigenvalue weighted by Crippen LogP contribution is -2.14. The van der Waals surface area contributed by atoms with E-state index in [1.54, 1.807) is 0 Å². The lowest BCUT2D eigenvalue weighted by Gasteiger charge is -2.32. The molecule has 0 spiro atoms. The van der Waals surface area contributed by atoms with Crippen LogP contribution in [0.25, 0.3) is 44.4 Å². The Labute approximate surface area is 258 Å². The first-order chi connectivity index (χ1) is 21.8. The SMILES string of the molecule is c1ccc2c(c1)Sc1ccccc1N2c1ccc(-c2cn(-c3ccc(-n4c5ccccc5c5ccccc54)cc3)nn2)cc1. The van der Waals surface area contributed by atoms with E-state index in [0.29, 0.717) is 0 Å². The number of nitrogens with zero attached hydrogens (tertiary/aromatic N) is 5. The first kappa shape index (κ1) is 25.0. The average Bonchev–Trinajstić information content (AvgIpc) is 3.71. The van der Waals surface area contributed by atoms with Crippen molar-refractivity contribution in [2.75, 3.05) is 4.90 Å². The molecule has 5 nitrogen and oxygen atoms in total. The molecule has 8 aromatic rings. The van der Waals surface area contributed by atoms with Crippen LogP contribution in [0.2, 0.25) is 0 Å². The van der Waals surface area contributed by atoms with Crippen molar-refractivity contribution < 1.29 is 0 Å². The second kappa shape index (κ2) is 10.0. The number of aromatic nitrogens is 4. The number of benzene rings is 6. The van der Waals surface area contributed by atoms with Gasteiger partial charge in [-0.25, -0.2) is 4.68 Å². The maximum Gasteiger partial charge on any atom is 0.113 e. The minimum absolute atomic E-state index is 0.832. The molecule has 0 radical (unpaired) electrons. The molecule has 6 aromatic carbocycles. The Kier molecular flexibility index (Phi) is 5.67. The Hall–Kier alpha value is -5.59. The van der Waals surface area contributed by atoms with Crippen LogP contribution in [0.1, 0.15) is 0 Å². The first-order valence-corrected chi connectivity index (χ1v) is 15.4. The molecule has 0 fully saturated rings. The molecular weight excluding hydrogens is 559 g/mol. The number of anilines is 3. The van der Waals surface area contributed by atoms with Crippen LogP contribution < -0.4 is 4.90 Å². The normalized spacial score (nSPS) is 12.4. The van der Waals surface area contributed by atoms with Gasteiger partial charge in [-0.2, -0.15) is 0 Å². The average molecular weight is 584 g/mol. The van der Waals surface area contributed by atoms with Gasteiger partial charge >= 0.3 is 0 Å². The number of hydrogen-bond acceptors (Lipinski definition) is 4. The number of fused-ring (bicyclic) bond motifs is 5. The summed E-state index contributed by atoms with van der Waals surface area (Å²) in [6, 6.07) is 51.4. The maximum atomic E-state index is 4.52. The van der Waals surface area contributed by atoms with Crippen molar-refractivity contribution in [1.29, 1.82) is 0 Å². The van der Waals surface area contributed by atoms with Crippen molar-refractivity contribution in [2.45, 2.75) is 9.79 Å². The second-order valence-electron chi connectivity index (χ2n) is 10.9. The lowest BCUT2D eigenvalue weighted by atomic mass is 10.1. The minimum Gasteiger partial charge on any atom is -0.309 e. The summed E-state index contributed by atoms with van der Waals surface area (Å²) in [5.41, 5.74) is 9.82. The molecule has 0 amide bonds. The third-order valence-corrected chi connectivity index (χ3v) is 9.43. The highest BCUT2D eigenvalue weighted by Gasteiger charge is 2.24. The van der Waals surface area contributed by atoms with E-state index < -0.39 is 0 Å². The van der Waals surface area contributed by atoms with E-state index in [1.807, 2.05) is 22.6 Å². The topological polar surface area (TPSA) is 38.9 Å². The molecule has 208 valence electrons. The van der Waals surface area contributed by atoms with E-state index in [1.165, 1.54) is 43.0 Å². The molecule has 0 aliphatic carbocycles. The highest BCUT2D eigenvalue weighted by molar-refractivity contribution is 7.99. The third kappa shape index (κ3) is 3.96. The Balaban J connectivity index is 1.02. The first-order valence-electron chi connectivity index (χ1n) is 14.6. The van der Waals surface area contributed by atoms with E-state index >= 15 is 0 Å². The molecule has 0 unspecified atom stereocenters. The van der Waals surface area contributed by atoms with Gasteiger partial charge in [-0.15, -0.1) is 5.10 Å². The zero-order chi connectivity index (χ0) is 29.0. The van der Waals surface area contributed by atoms with Gasteiger partial charge in [0.1, 0.15) is 5.69 Å². The molecule has 0 saturated carbocycles. The van der Waals surface area contributed by atoms with Crippen molar-refractivity contribution in [2.24, 2.45) is 0 Å². The van der Waals surface area contributed by atoms with Crippen LogP contribution >= 0.6 is 11.8 Å². The molecule has 0 bridgehead atoms. The van der Waals surface area contributed by atoms with Crippen molar-refractivity contribution in [3.05, 3.63) is 152 Å². The standard InChI is InChI=1S/C38H25N5S/c1-3-11-33-30(9-1)31-10-2-4-12-34(31)42(33)29-23-21-27(22-24-29)41-25-32(39-40-41)26-17-19-28(20-18-26)43-35-13-5-7-15-37(35)44-38-16-8-6-14-36(38)43/h1-25H. The Bertz CT molecular complexity index is 2220. The highest BCUT2D eigenvalue weighted by atomic mass is 32.2. The highest BCUT2D eigenvalue weighted by Crippen LogP contribution is 2.51. The monoisotopic (exact) mass is 583 g/mol. The Morgan fingerprint density at radius 2 is 1.00 bits per heavy atom. The fraction of sp³-hybridized carbons (Fsp3) is 0. The quantitative estimate of drug-likeness (QED) is 0.207. The summed E-state index contributed by atoms with van der Waals surface area (Å²) in [6.07, 6.45) is 1.99. The summed E-state index contributed by atoms with van der Waals surface area (Å²) in [4.78, 5) is 4.84. The summed E-state index contributed by atoms with van der Waals surface area (Å²) in [5.74, 6) is 0. The van der Waals surface area contributed by atoms with Gasteiger partial charge in [-0.3, -0.25) is 0 Å². The van der Waals surface area contributed by atoms with E-state index in [4.69, 9.17) is 0 Å². The smallest absolute Gasteiger partial charge is 0.113 e. The van der Waals surface area contributed by atoms with Gasteiger partial charge < -0.3 is 9.47 Å². The Morgan fingerprint density at radius 3 is 1.64 bits per heavy atom. The van der Waals surface area contributed by atoms with Crippen LogP contribution in [0.5, 0.6) is 0 Å². The molecule has 0 saturated heterocycles. The largest absolute Gasteiger partial charge is 0.309 e. The number of hydrogen-bond donors (Lipinski definition) is 0. The van der Waals surface area contributed by atoms with Crippen LogP contribution in [-0.4, -0.2) is 19.6 Å². The van der Waals surface area contributed by atoms with Gasteiger partial charge in [-0.1, -0.05) is 89.8 Å². The number of para-hydroxylation sites is 4. The van der Waals surface area contributed by atoms with E-state index in [-0.39, 0.29) is 0 Å². The van der Waals surface area contributed by atoms with Gasteiger partial charge in [0.15, 0.2) is 0 Å². The van der Waals surface area contributed by atoms with Crippen LogP contribution in [0.3, 0.4) is 0 Å². The zero-order valence-electron chi connectivity index (χ0n) is 23.6. The van der Waals surface area contributed by atoms with Crippen LogP contribution in [-0.2, 0) is 0 Å². The van der Waals surface area contributed by atoms with Crippen molar-refractivity contribution in [1.82, 2.24) is 19.6 Å². The fourth-order valence-electron chi connectivity index (χ4n) is 6.24. The molecular formula is C38H25N5S. The summed E-state index contributed by atoms with van der Waals surface area (Å²) >= 11 is 1.82. The Morgan fingerprint density at radius 1 is 0.477 bits per heavy atom. The molecule has 6 heteroatoms. The van der Waals surface area contributed by atoms with Gasteiger partial charge in [-0.05, 0) is 72.8 Å². The summed E-state index contributed by atoms with van der Waals surface area (Å²) in [5, 5.41) is 11.5. The van der Waals surface area contributed by atoms with Gasteiger partial charge in [0, 0.05) is 37.5 Å². The second-order valence-corrected chi connectivity index (χ2v) is 11.9. The van der Waals surface area contributed by atoms with Crippen LogP contribution in [0.4, 0.5) is 17.1 Å². The van der Waals surface area contributed by atoms with Gasteiger partial charge in [0.25, 0.3) is 0 Å². The molecule has 1 aliphatic heterocycles. The molecule has 44 heavy (non-hydrogen) atoms. The zero-order valence-corrected chi connectivity index (χ0v) is 24.4. The lowest BCUT2D eigenvalue weighted by molar-refractivity contribution is 0.803. The van der Waals surface area contributed by atoms with E-state index in [0.717, 1.165) is 28.3 Å². The van der Waals surface area contributed by atoms with Gasteiger partial charge in [0.05, 0.1) is 34.3 Å². The van der Waals surface area contributed by atoms with E-state index in [2.05, 4.69) is 165 Å². The van der Waals surface area contributed by atoms with E-state index in [9.17, 15) is 0 Å². The predicted octanol–water partition coefficient (Wildman–Crippen LogP) is 9.97. The van der Waals surface area contributed by atoms with Gasteiger partial charge in [0.2, 0.25) is 0 Å². The third-order valence-electron chi connectivity index (χ3n) is 8.30. The van der Waals surface area contributed by atoms with Crippen molar-refractivity contribution in [3.8, 4) is 22.6 Å². The van der Waals surface area contributed by atoms with Crippen LogP contribution in [0.15, 0.2) is 162 Å². The molecule has 9 rings (SSSR count). The molecule has 2 aromatic heterocycles. The summed E-state index contributed by atoms with van der Waals surface area (Å²) in [6.45, 7) is 0. The fourth-order valence-corrected chi connectivity index (χ4v) is 7.30. The predicted molar refractivity (Wildman–Crippen MR) is 180 cm³/mol. The number of rotatable bonds is 4. The molecule has 0 N–H and O–H groups in total. The molecule has 0 atom stereocenters. The molecule has 1 aliphatic rings. The van der Waals surface area contributed by atoms with Crippen molar-refractivity contribution in [3.63, 3.8) is 0 Å². The summed E-state index contributed by atoms with van der Waals surface area (Å²) < 4.78 is 4.16.